The number of hydrogen-bond acceptors (Lipinski definition) is 5. The number of likely N-dealkylation sites (tertiary alicyclic amines) is 1. The van der Waals surface area contributed by atoms with Crippen molar-refractivity contribution in [1.82, 2.24) is 9.88 Å². The lowest BCUT2D eigenvalue weighted by Crippen LogP contribution is -2.63. The second kappa shape index (κ2) is 7.52. The standard InChI is InChI=1S/C13H17FN2O2.C2HF3O2/c1-16-8-13(9-16)10(4-6-18-13)7-17-12-11(14)3-2-5-15-12;3-2(4,5)1(6)7/h2-3,5,10H,4,6-9H2,1H3;(H,6,7). The lowest BCUT2D eigenvalue weighted by atomic mass is 9.82. The summed E-state index contributed by atoms with van der Waals surface area (Å²) in [5, 5.41) is 7.12. The number of rotatable bonds is 3. The van der Waals surface area contributed by atoms with Crippen molar-refractivity contribution >= 4 is 5.97 Å². The molecule has 2 saturated heterocycles. The number of alkyl halides is 3. The topological polar surface area (TPSA) is 71.9 Å². The van der Waals surface area contributed by atoms with Crippen LogP contribution in [-0.4, -0.2) is 66.1 Å². The van der Waals surface area contributed by atoms with Gasteiger partial charge in [0, 0.05) is 31.8 Å². The van der Waals surface area contributed by atoms with E-state index >= 15 is 0 Å². The minimum Gasteiger partial charge on any atom is -0.475 e. The molecule has 0 saturated carbocycles. The van der Waals surface area contributed by atoms with Crippen molar-refractivity contribution in [3.63, 3.8) is 0 Å². The van der Waals surface area contributed by atoms with Crippen LogP contribution < -0.4 is 4.74 Å². The Morgan fingerprint density at radius 2 is 2.16 bits per heavy atom. The zero-order valence-corrected chi connectivity index (χ0v) is 13.4. The summed E-state index contributed by atoms with van der Waals surface area (Å²) in [4.78, 5) is 15.0. The molecule has 1 aromatic heterocycles. The first kappa shape index (κ1) is 19.4. The summed E-state index contributed by atoms with van der Waals surface area (Å²) in [7, 11) is 2.07. The Labute approximate surface area is 141 Å². The zero-order chi connectivity index (χ0) is 18.7. The van der Waals surface area contributed by atoms with Gasteiger partial charge in [0.25, 0.3) is 0 Å². The van der Waals surface area contributed by atoms with E-state index in [1.807, 2.05) is 0 Å². The molecular formula is C15H18F4N2O4. The highest BCUT2D eigenvalue weighted by molar-refractivity contribution is 5.73. The van der Waals surface area contributed by atoms with Crippen LogP contribution in [0.25, 0.3) is 0 Å². The highest BCUT2D eigenvalue weighted by Crippen LogP contribution is 2.39. The smallest absolute Gasteiger partial charge is 0.475 e. The van der Waals surface area contributed by atoms with Crippen LogP contribution in [0.1, 0.15) is 6.42 Å². The Kier molecular flexibility index (Phi) is 5.83. The zero-order valence-electron chi connectivity index (χ0n) is 13.4. The van der Waals surface area contributed by atoms with E-state index in [9.17, 15) is 17.6 Å². The molecule has 6 nitrogen and oxygen atoms in total. The number of aromatic nitrogens is 1. The average molecular weight is 366 g/mol. The van der Waals surface area contributed by atoms with E-state index in [2.05, 4.69) is 16.9 Å². The Balaban J connectivity index is 0.000000277. The third-order valence-corrected chi connectivity index (χ3v) is 4.06. The quantitative estimate of drug-likeness (QED) is 0.825. The van der Waals surface area contributed by atoms with Crippen molar-refractivity contribution in [3.05, 3.63) is 24.1 Å². The summed E-state index contributed by atoms with van der Waals surface area (Å²) in [6.45, 7) is 3.12. The largest absolute Gasteiger partial charge is 0.490 e. The minimum atomic E-state index is -5.08. The summed E-state index contributed by atoms with van der Waals surface area (Å²) in [6, 6.07) is 2.92. The molecule has 1 spiro atoms. The molecule has 1 N–H and O–H groups in total. The van der Waals surface area contributed by atoms with Crippen LogP contribution >= 0.6 is 0 Å². The molecule has 0 aromatic carbocycles. The van der Waals surface area contributed by atoms with E-state index in [4.69, 9.17) is 19.4 Å². The first-order valence-electron chi connectivity index (χ1n) is 7.50. The lowest BCUT2D eigenvalue weighted by molar-refractivity contribution is -0.192. The number of likely N-dealkylation sites (N-methyl/N-ethyl adjacent to an activating group) is 1. The van der Waals surface area contributed by atoms with E-state index < -0.39 is 18.0 Å². The van der Waals surface area contributed by atoms with Gasteiger partial charge in [-0.05, 0) is 25.6 Å². The minimum absolute atomic E-state index is 0.0694. The number of nitrogens with zero attached hydrogens (tertiary/aromatic N) is 2. The average Bonchev–Trinajstić information content (AvgIpc) is 2.89. The Bertz CT molecular complexity index is 605. The molecule has 140 valence electrons. The maximum absolute atomic E-state index is 13.4. The summed E-state index contributed by atoms with van der Waals surface area (Å²) in [5.74, 6) is -2.74. The van der Waals surface area contributed by atoms with Gasteiger partial charge in [-0.25, -0.2) is 14.2 Å². The molecule has 0 radical (unpaired) electrons. The van der Waals surface area contributed by atoms with Gasteiger partial charge >= 0.3 is 12.1 Å². The van der Waals surface area contributed by atoms with Crippen molar-refractivity contribution in [2.45, 2.75) is 18.2 Å². The third-order valence-electron chi connectivity index (χ3n) is 4.06. The monoisotopic (exact) mass is 366 g/mol. The van der Waals surface area contributed by atoms with Gasteiger partial charge < -0.3 is 19.5 Å². The van der Waals surface area contributed by atoms with Crippen LogP contribution in [0, 0.1) is 11.7 Å². The van der Waals surface area contributed by atoms with Crippen molar-refractivity contribution in [2.75, 3.05) is 33.4 Å². The molecule has 2 aliphatic heterocycles. The number of pyridine rings is 1. The summed E-state index contributed by atoms with van der Waals surface area (Å²) in [6.07, 6.45) is -2.57. The van der Waals surface area contributed by atoms with Crippen LogP contribution in [0.5, 0.6) is 5.88 Å². The van der Waals surface area contributed by atoms with Gasteiger partial charge in [-0.2, -0.15) is 13.2 Å². The Hall–Kier alpha value is -1.94. The Morgan fingerprint density at radius 3 is 2.68 bits per heavy atom. The predicted molar refractivity (Wildman–Crippen MR) is 77.7 cm³/mol. The van der Waals surface area contributed by atoms with Crippen molar-refractivity contribution in [3.8, 4) is 5.88 Å². The summed E-state index contributed by atoms with van der Waals surface area (Å²) in [5.41, 5.74) is -0.0694. The molecule has 10 heteroatoms. The summed E-state index contributed by atoms with van der Waals surface area (Å²) >= 11 is 0. The first-order chi connectivity index (χ1) is 11.6. The molecule has 1 unspecified atom stereocenters. The number of carbonyl (C=O) groups is 1. The molecule has 1 atom stereocenters. The SMILES string of the molecule is CN1CC2(C1)OCCC2COc1ncccc1F.O=C(O)C(F)(F)F. The number of halogens is 4. The van der Waals surface area contributed by atoms with Gasteiger partial charge in [0.15, 0.2) is 5.82 Å². The molecule has 1 aromatic rings. The van der Waals surface area contributed by atoms with Gasteiger partial charge in [0.2, 0.25) is 5.88 Å². The molecule has 0 aliphatic carbocycles. The second-order valence-corrected chi connectivity index (χ2v) is 5.98. The van der Waals surface area contributed by atoms with Crippen LogP contribution in [0.2, 0.25) is 0 Å². The molecular weight excluding hydrogens is 348 g/mol. The highest BCUT2D eigenvalue weighted by atomic mass is 19.4. The fourth-order valence-electron chi connectivity index (χ4n) is 2.89. The van der Waals surface area contributed by atoms with Gasteiger partial charge in [0.1, 0.15) is 0 Å². The molecule has 0 bridgehead atoms. The molecule has 2 aliphatic rings. The van der Waals surface area contributed by atoms with Crippen LogP contribution in [0.15, 0.2) is 18.3 Å². The summed E-state index contributed by atoms with van der Waals surface area (Å²) < 4.78 is 56.5. The van der Waals surface area contributed by atoms with E-state index in [1.54, 1.807) is 6.07 Å². The normalized spacial score (nSPS) is 22.0. The maximum atomic E-state index is 13.4. The van der Waals surface area contributed by atoms with Gasteiger partial charge in [-0.15, -0.1) is 0 Å². The molecule has 3 heterocycles. The molecule has 2 fully saturated rings. The van der Waals surface area contributed by atoms with E-state index in [0.29, 0.717) is 12.5 Å². The number of aliphatic carboxylic acids is 1. The van der Waals surface area contributed by atoms with Crippen molar-refractivity contribution in [1.29, 1.82) is 0 Å². The van der Waals surface area contributed by atoms with Gasteiger partial charge in [0.05, 0.1) is 12.2 Å². The number of carboxylic acid groups (broad SMARTS) is 1. The van der Waals surface area contributed by atoms with Crippen LogP contribution in [-0.2, 0) is 9.53 Å². The fraction of sp³-hybridized carbons (Fsp3) is 0.600. The Morgan fingerprint density at radius 1 is 1.52 bits per heavy atom. The predicted octanol–water partition coefficient (Wildman–Crippen LogP) is 1.95. The first-order valence-corrected chi connectivity index (χ1v) is 7.50. The number of ether oxygens (including phenoxy) is 2. The number of carboxylic acids is 1. The number of hydrogen-bond donors (Lipinski definition) is 1. The van der Waals surface area contributed by atoms with Crippen molar-refractivity contribution < 1.29 is 36.9 Å². The fourth-order valence-corrected chi connectivity index (χ4v) is 2.89. The van der Waals surface area contributed by atoms with Gasteiger partial charge in [-0.3, -0.25) is 0 Å². The van der Waals surface area contributed by atoms with E-state index in [0.717, 1.165) is 26.1 Å². The highest BCUT2D eigenvalue weighted by Gasteiger charge is 2.52. The lowest BCUT2D eigenvalue weighted by Gasteiger charge is -2.48. The van der Waals surface area contributed by atoms with E-state index in [-0.39, 0.29) is 11.5 Å². The second-order valence-electron chi connectivity index (χ2n) is 5.98. The van der Waals surface area contributed by atoms with Gasteiger partial charge in [-0.1, -0.05) is 0 Å². The van der Waals surface area contributed by atoms with Crippen LogP contribution in [0.4, 0.5) is 17.6 Å². The molecule has 3 rings (SSSR count). The molecule has 0 amide bonds. The third kappa shape index (κ3) is 4.79. The van der Waals surface area contributed by atoms with Crippen molar-refractivity contribution in [2.24, 2.45) is 5.92 Å². The molecule has 25 heavy (non-hydrogen) atoms. The van der Waals surface area contributed by atoms with Crippen LogP contribution in [0.3, 0.4) is 0 Å². The maximum Gasteiger partial charge on any atom is 0.490 e. The van der Waals surface area contributed by atoms with E-state index in [1.165, 1.54) is 12.3 Å².